The van der Waals surface area contributed by atoms with Crippen molar-refractivity contribution in [3.63, 3.8) is 0 Å². The summed E-state index contributed by atoms with van der Waals surface area (Å²) in [6.45, 7) is 4.75. The molecular formula is C58H41N. The normalized spacial score (nSPS) is 14.2. The molecule has 3 aliphatic carbocycles. The molecule has 1 nitrogen and oxygen atoms in total. The smallest absolute Gasteiger partial charge is 0.0726 e. The molecule has 9 aromatic rings. The fourth-order valence-corrected chi connectivity index (χ4v) is 10.9. The minimum absolute atomic E-state index is 0.131. The summed E-state index contributed by atoms with van der Waals surface area (Å²) in [5.74, 6) is 0. The summed E-state index contributed by atoms with van der Waals surface area (Å²) in [4.78, 5) is 2.52. The molecule has 0 heterocycles. The first-order valence-electron chi connectivity index (χ1n) is 20.8. The second-order valence-corrected chi connectivity index (χ2v) is 16.8. The van der Waals surface area contributed by atoms with Gasteiger partial charge in [-0.1, -0.05) is 190 Å². The summed E-state index contributed by atoms with van der Waals surface area (Å²) in [6.07, 6.45) is 0. The van der Waals surface area contributed by atoms with E-state index in [0.717, 1.165) is 11.4 Å². The van der Waals surface area contributed by atoms with Crippen LogP contribution in [0.2, 0.25) is 0 Å². The molecule has 0 atom stereocenters. The van der Waals surface area contributed by atoms with Gasteiger partial charge in [-0.15, -0.1) is 0 Å². The van der Waals surface area contributed by atoms with Gasteiger partial charge in [-0.2, -0.15) is 0 Å². The van der Waals surface area contributed by atoms with Gasteiger partial charge in [-0.3, -0.25) is 0 Å². The van der Waals surface area contributed by atoms with E-state index in [2.05, 4.69) is 231 Å². The molecule has 0 aliphatic heterocycles. The van der Waals surface area contributed by atoms with Crippen LogP contribution in [-0.2, 0) is 10.8 Å². The van der Waals surface area contributed by atoms with Gasteiger partial charge in [0.2, 0.25) is 0 Å². The fourth-order valence-electron chi connectivity index (χ4n) is 10.9. The summed E-state index contributed by atoms with van der Waals surface area (Å²) >= 11 is 0. The molecule has 1 heteroatoms. The van der Waals surface area contributed by atoms with Gasteiger partial charge >= 0.3 is 0 Å². The number of hydrogen-bond donors (Lipinski definition) is 0. The lowest BCUT2D eigenvalue weighted by molar-refractivity contribution is 0.660. The van der Waals surface area contributed by atoms with E-state index in [1.807, 2.05) is 0 Å². The van der Waals surface area contributed by atoms with Crippen molar-refractivity contribution in [1.82, 2.24) is 0 Å². The second-order valence-electron chi connectivity index (χ2n) is 16.8. The highest BCUT2D eigenvalue weighted by molar-refractivity contribution is 6.01. The van der Waals surface area contributed by atoms with Crippen molar-refractivity contribution < 1.29 is 0 Å². The summed E-state index contributed by atoms with van der Waals surface area (Å²) in [5.41, 5.74) is 23.8. The lowest BCUT2D eigenvalue weighted by Crippen LogP contribution is -2.26. The van der Waals surface area contributed by atoms with Gasteiger partial charge in [-0.05, 0) is 120 Å². The van der Waals surface area contributed by atoms with E-state index in [-0.39, 0.29) is 5.41 Å². The third-order valence-corrected chi connectivity index (χ3v) is 13.5. The molecule has 59 heavy (non-hydrogen) atoms. The predicted molar refractivity (Wildman–Crippen MR) is 246 cm³/mol. The molecule has 3 aliphatic rings. The summed E-state index contributed by atoms with van der Waals surface area (Å²) in [7, 11) is 0. The fraction of sp³-hybridized carbons (Fsp3) is 0.0690. The van der Waals surface area contributed by atoms with E-state index >= 15 is 0 Å². The molecule has 0 aromatic heterocycles. The Hall–Kier alpha value is -7.22. The van der Waals surface area contributed by atoms with E-state index < -0.39 is 5.41 Å². The molecule has 0 unspecified atom stereocenters. The van der Waals surface area contributed by atoms with Crippen LogP contribution < -0.4 is 4.90 Å². The van der Waals surface area contributed by atoms with Gasteiger partial charge in [0.25, 0.3) is 0 Å². The maximum atomic E-state index is 2.52. The zero-order valence-corrected chi connectivity index (χ0v) is 33.2. The van der Waals surface area contributed by atoms with Gasteiger partial charge < -0.3 is 4.90 Å². The van der Waals surface area contributed by atoms with Crippen LogP contribution in [0.15, 0.2) is 212 Å². The number of fused-ring (bicyclic) bond motifs is 13. The van der Waals surface area contributed by atoms with Crippen molar-refractivity contribution in [2.45, 2.75) is 24.7 Å². The Labute approximate surface area is 346 Å². The van der Waals surface area contributed by atoms with E-state index in [1.54, 1.807) is 0 Å². The first-order chi connectivity index (χ1) is 29.0. The quantitative estimate of drug-likeness (QED) is 0.169. The zero-order valence-electron chi connectivity index (χ0n) is 33.2. The van der Waals surface area contributed by atoms with Crippen LogP contribution in [0, 0.1) is 0 Å². The van der Waals surface area contributed by atoms with Crippen molar-refractivity contribution in [3.8, 4) is 55.6 Å². The minimum Gasteiger partial charge on any atom is -0.310 e. The number of rotatable bonds is 5. The maximum Gasteiger partial charge on any atom is 0.0726 e. The van der Waals surface area contributed by atoms with E-state index in [4.69, 9.17) is 0 Å². The standard InChI is InChI=1S/C58H41N/c1-57(2)49-24-10-6-20-44(49)47-35-34-43(37-54(47)57)59(42-32-30-39(31-33-42)41-19-14-18-40(36-41)38-16-4-3-5-17-38)55-29-15-28-53-56(55)48-23-9-13-27-52(48)58(53)50-25-11-7-21-45(50)46-22-8-12-26-51(46)58/h3-37H,1-2H3. The number of anilines is 3. The van der Waals surface area contributed by atoms with Crippen molar-refractivity contribution in [1.29, 1.82) is 0 Å². The maximum absolute atomic E-state index is 2.52. The average molecular weight is 752 g/mol. The molecule has 0 N–H and O–H groups in total. The highest BCUT2D eigenvalue weighted by Gasteiger charge is 2.52. The highest BCUT2D eigenvalue weighted by atomic mass is 15.1. The van der Waals surface area contributed by atoms with E-state index in [0.29, 0.717) is 0 Å². The summed E-state index contributed by atoms with van der Waals surface area (Å²) < 4.78 is 0. The van der Waals surface area contributed by atoms with Crippen LogP contribution in [0.1, 0.15) is 47.2 Å². The molecule has 0 bridgehead atoms. The molecule has 0 saturated carbocycles. The first-order valence-corrected chi connectivity index (χ1v) is 20.8. The van der Waals surface area contributed by atoms with Gasteiger partial charge in [0.15, 0.2) is 0 Å². The van der Waals surface area contributed by atoms with Crippen LogP contribution in [0.3, 0.4) is 0 Å². The SMILES string of the molecule is CC1(C)c2ccccc2-c2ccc(N(c3ccc(-c4cccc(-c5ccccc5)c4)cc3)c3cccc4c3-c3ccccc3C43c4ccccc4-c4ccccc43)cc21. The van der Waals surface area contributed by atoms with Gasteiger partial charge in [0, 0.05) is 22.4 Å². The first kappa shape index (κ1) is 33.9. The molecule has 9 aromatic carbocycles. The van der Waals surface area contributed by atoms with Crippen molar-refractivity contribution in [2.75, 3.05) is 4.90 Å². The number of hydrogen-bond acceptors (Lipinski definition) is 1. The largest absolute Gasteiger partial charge is 0.310 e. The average Bonchev–Trinajstić information content (AvgIpc) is 3.86. The monoisotopic (exact) mass is 751 g/mol. The molecule has 1 spiro atoms. The van der Waals surface area contributed by atoms with Crippen molar-refractivity contribution >= 4 is 17.1 Å². The van der Waals surface area contributed by atoms with Gasteiger partial charge in [0.1, 0.15) is 0 Å². The van der Waals surface area contributed by atoms with Crippen LogP contribution in [0.25, 0.3) is 55.6 Å². The molecule has 0 radical (unpaired) electrons. The molecular weight excluding hydrogens is 711 g/mol. The Balaban J connectivity index is 1.08. The van der Waals surface area contributed by atoms with E-state index in [1.165, 1.54) is 94.7 Å². The molecule has 0 amide bonds. The Morgan fingerprint density at radius 2 is 0.763 bits per heavy atom. The molecule has 12 rings (SSSR count). The summed E-state index contributed by atoms with van der Waals surface area (Å²) in [6, 6.07) is 79.1. The van der Waals surface area contributed by atoms with Crippen molar-refractivity contribution in [2.24, 2.45) is 0 Å². The predicted octanol–water partition coefficient (Wildman–Crippen LogP) is 15.1. The third kappa shape index (κ3) is 4.73. The Kier molecular flexibility index (Phi) is 7.26. The van der Waals surface area contributed by atoms with Gasteiger partial charge in [-0.25, -0.2) is 0 Å². The van der Waals surface area contributed by atoms with E-state index in [9.17, 15) is 0 Å². The van der Waals surface area contributed by atoms with Crippen LogP contribution in [0.4, 0.5) is 17.1 Å². The Morgan fingerprint density at radius 1 is 0.305 bits per heavy atom. The van der Waals surface area contributed by atoms with Gasteiger partial charge in [0.05, 0.1) is 11.1 Å². The Morgan fingerprint density at radius 3 is 1.42 bits per heavy atom. The summed E-state index contributed by atoms with van der Waals surface area (Å²) in [5, 5.41) is 0. The third-order valence-electron chi connectivity index (χ3n) is 13.5. The topological polar surface area (TPSA) is 3.24 Å². The van der Waals surface area contributed by atoms with Crippen LogP contribution in [0.5, 0.6) is 0 Å². The molecule has 0 saturated heterocycles. The van der Waals surface area contributed by atoms with Crippen molar-refractivity contribution in [3.05, 3.63) is 246 Å². The lowest BCUT2D eigenvalue weighted by Gasteiger charge is -2.32. The molecule has 278 valence electrons. The second kappa shape index (κ2) is 12.6. The number of benzene rings is 9. The van der Waals surface area contributed by atoms with Crippen LogP contribution >= 0.6 is 0 Å². The highest BCUT2D eigenvalue weighted by Crippen LogP contribution is 2.65. The zero-order chi connectivity index (χ0) is 39.3. The minimum atomic E-state index is -0.421. The molecule has 0 fully saturated rings. The lowest BCUT2D eigenvalue weighted by atomic mass is 9.70. The Bertz CT molecular complexity index is 3090. The number of nitrogens with zero attached hydrogens (tertiary/aromatic N) is 1. The van der Waals surface area contributed by atoms with Crippen LogP contribution in [-0.4, -0.2) is 0 Å².